The van der Waals surface area contributed by atoms with Crippen LogP contribution in [0.25, 0.3) is 0 Å². The third-order valence-corrected chi connectivity index (χ3v) is 8.17. The monoisotopic (exact) mass is 518 g/mol. The van der Waals surface area contributed by atoms with Crippen molar-refractivity contribution in [2.45, 2.75) is 64.4 Å². The van der Waals surface area contributed by atoms with Gasteiger partial charge in [0.1, 0.15) is 17.7 Å². The maximum Gasteiger partial charge on any atom is 0.303 e. The van der Waals surface area contributed by atoms with Gasteiger partial charge in [-0.2, -0.15) is 0 Å². The number of nitrogens with zero attached hydrogens (tertiary/aromatic N) is 2. The van der Waals surface area contributed by atoms with Gasteiger partial charge in [0, 0.05) is 55.8 Å². The van der Waals surface area contributed by atoms with Gasteiger partial charge in [-0.25, -0.2) is 8.78 Å². The van der Waals surface area contributed by atoms with Crippen LogP contribution in [0, 0.1) is 11.6 Å². The molecule has 1 atom stereocenters. The van der Waals surface area contributed by atoms with E-state index in [1.807, 2.05) is 19.6 Å². The molecule has 0 saturated carbocycles. The number of hydrogen-bond donors (Lipinski definition) is 1. The summed E-state index contributed by atoms with van der Waals surface area (Å²) >= 11 is 0. The zero-order valence-electron chi connectivity index (χ0n) is 21.1. The predicted molar refractivity (Wildman–Crippen MR) is 133 cm³/mol. The summed E-state index contributed by atoms with van der Waals surface area (Å²) in [5.41, 5.74) is 2.13. The Morgan fingerprint density at radius 2 is 1.81 bits per heavy atom. The van der Waals surface area contributed by atoms with E-state index in [4.69, 9.17) is 9.84 Å². The number of rotatable bonds is 10. The van der Waals surface area contributed by atoms with E-state index in [1.165, 1.54) is 17.0 Å². The molecule has 7 nitrogen and oxygen atoms in total. The Hall–Kier alpha value is -2.98. The van der Waals surface area contributed by atoms with Crippen LogP contribution in [0.5, 0.6) is 0 Å². The minimum atomic E-state index is -2.27. The van der Waals surface area contributed by atoms with E-state index in [1.54, 1.807) is 19.2 Å². The average Bonchev–Trinajstić information content (AvgIpc) is 2.76. The van der Waals surface area contributed by atoms with Crippen molar-refractivity contribution in [3.8, 4) is 0 Å². The number of amides is 1. The number of ether oxygens (including phenoxy) is 1. The molecule has 0 bridgehead atoms. The van der Waals surface area contributed by atoms with E-state index in [-0.39, 0.29) is 54.7 Å². The molecule has 1 aromatic heterocycles. The molecule has 194 valence electrons. The summed E-state index contributed by atoms with van der Waals surface area (Å²) in [6, 6.07) is 4.90. The van der Waals surface area contributed by atoms with E-state index >= 15 is 0 Å². The van der Waals surface area contributed by atoms with Gasteiger partial charge in [0.15, 0.2) is 5.78 Å². The number of benzene rings is 1. The van der Waals surface area contributed by atoms with Crippen molar-refractivity contribution < 1.29 is 33.0 Å². The smallest absolute Gasteiger partial charge is 0.303 e. The van der Waals surface area contributed by atoms with Crippen LogP contribution >= 0.6 is 0 Å². The van der Waals surface area contributed by atoms with Crippen molar-refractivity contribution in [3.05, 3.63) is 58.4 Å². The third-order valence-electron chi connectivity index (χ3n) is 6.19. The minimum Gasteiger partial charge on any atom is -0.481 e. The first kappa shape index (κ1) is 27.6. The normalized spacial score (nSPS) is 15.5. The fourth-order valence-corrected chi connectivity index (χ4v) is 6.23. The quantitative estimate of drug-likeness (QED) is 0.484. The molecule has 36 heavy (non-hydrogen) atoms. The number of aromatic nitrogens is 1. The van der Waals surface area contributed by atoms with Crippen molar-refractivity contribution >= 4 is 30.9 Å². The Morgan fingerprint density at radius 3 is 2.39 bits per heavy atom. The fourth-order valence-electron chi connectivity index (χ4n) is 4.65. The van der Waals surface area contributed by atoms with E-state index in [0.29, 0.717) is 30.0 Å². The third kappa shape index (κ3) is 6.41. The standard InChI is InChI=1S/C26H32F2N2O5Si/c1-35-15-17-8-9-18-21(29-17)10-11-30(23(32)6-5-7-24(33)34)25(18)22(31)14-16-12-19(27)26(20(28)13-16)36(2,3)4/h8-9,12-13,25H,5-7,10-11,14-15H2,1-4H3,(H,33,34)/t25-/m1/s1. The van der Waals surface area contributed by atoms with Gasteiger partial charge in [-0.3, -0.25) is 19.4 Å². The largest absolute Gasteiger partial charge is 0.481 e. The molecule has 1 amide bonds. The Kier molecular flexibility index (Phi) is 8.73. The number of Topliss-reactive ketones (excluding diaryl/α,β-unsaturated/α-hetero) is 1. The lowest BCUT2D eigenvalue weighted by Crippen LogP contribution is -2.44. The number of hydrogen-bond acceptors (Lipinski definition) is 5. The highest BCUT2D eigenvalue weighted by Gasteiger charge is 2.36. The fraction of sp³-hybridized carbons (Fsp3) is 0.462. The molecule has 0 unspecified atom stereocenters. The first-order chi connectivity index (χ1) is 16.9. The van der Waals surface area contributed by atoms with Crippen molar-refractivity contribution in [2.75, 3.05) is 13.7 Å². The van der Waals surface area contributed by atoms with Crippen molar-refractivity contribution in [2.24, 2.45) is 0 Å². The van der Waals surface area contributed by atoms with Gasteiger partial charge in [0.2, 0.25) is 5.91 Å². The number of carboxylic acids is 1. The first-order valence-corrected chi connectivity index (χ1v) is 15.4. The topological polar surface area (TPSA) is 96.8 Å². The van der Waals surface area contributed by atoms with Crippen molar-refractivity contribution in [1.29, 1.82) is 0 Å². The van der Waals surface area contributed by atoms with Crippen LogP contribution in [0.4, 0.5) is 8.78 Å². The molecule has 1 N–H and O–H groups in total. The highest BCUT2D eigenvalue weighted by atomic mass is 28.3. The summed E-state index contributed by atoms with van der Waals surface area (Å²) < 4.78 is 34.8. The van der Waals surface area contributed by atoms with Crippen LogP contribution < -0.4 is 5.19 Å². The van der Waals surface area contributed by atoms with E-state index in [9.17, 15) is 23.2 Å². The second kappa shape index (κ2) is 11.4. The Bertz CT molecular complexity index is 1140. The summed E-state index contributed by atoms with van der Waals surface area (Å²) in [5.74, 6) is -3.04. The summed E-state index contributed by atoms with van der Waals surface area (Å²) in [7, 11) is -0.720. The SMILES string of the molecule is COCc1ccc2c(n1)CCN(C(=O)CCCC(=O)O)[C@H]2C(=O)Cc1cc(F)c([Si](C)(C)C)c(F)c1. The molecule has 0 fully saturated rings. The lowest BCUT2D eigenvalue weighted by atomic mass is 9.90. The number of fused-ring (bicyclic) bond motifs is 1. The van der Waals surface area contributed by atoms with Crippen LogP contribution in [-0.4, -0.2) is 54.4 Å². The van der Waals surface area contributed by atoms with Gasteiger partial charge in [-0.05, 0) is 30.2 Å². The maximum atomic E-state index is 14.8. The van der Waals surface area contributed by atoms with Crippen LogP contribution in [-0.2, 0) is 38.6 Å². The predicted octanol–water partition coefficient (Wildman–Crippen LogP) is 3.54. The molecular weight excluding hydrogens is 486 g/mol. The lowest BCUT2D eigenvalue weighted by molar-refractivity contribution is -0.141. The number of ketones is 1. The summed E-state index contributed by atoms with van der Waals surface area (Å²) in [4.78, 5) is 43.5. The van der Waals surface area contributed by atoms with E-state index < -0.39 is 31.7 Å². The molecule has 0 radical (unpaired) electrons. The molecule has 1 aliphatic heterocycles. The van der Waals surface area contributed by atoms with Gasteiger partial charge in [-0.1, -0.05) is 25.7 Å². The highest BCUT2D eigenvalue weighted by molar-refractivity contribution is 6.88. The van der Waals surface area contributed by atoms with Gasteiger partial charge >= 0.3 is 5.97 Å². The highest BCUT2D eigenvalue weighted by Crippen LogP contribution is 2.32. The van der Waals surface area contributed by atoms with Crippen molar-refractivity contribution in [1.82, 2.24) is 9.88 Å². The van der Waals surface area contributed by atoms with Gasteiger partial charge in [-0.15, -0.1) is 0 Å². The first-order valence-electron chi connectivity index (χ1n) is 11.9. The second-order valence-corrected chi connectivity index (χ2v) is 15.1. The van der Waals surface area contributed by atoms with Crippen LogP contribution in [0.3, 0.4) is 0 Å². The molecule has 0 saturated heterocycles. The van der Waals surface area contributed by atoms with Gasteiger partial charge in [0.25, 0.3) is 0 Å². The second-order valence-electron chi connectivity index (χ2n) is 10.1. The number of methoxy groups -OCH3 is 1. The molecule has 10 heteroatoms. The summed E-state index contributed by atoms with van der Waals surface area (Å²) in [5, 5.41) is 8.99. The van der Waals surface area contributed by atoms with Crippen LogP contribution in [0.1, 0.15) is 47.8 Å². The number of pyridine rings is 1. The van der Waals surface area contributed by atoms with E-state index in [2.05, 4.69) is 4.98 Å². The molecule has 1 aliphatic rings. The molecular formula is C26H32F2N2O5Si. The molecule has 2 aromatic rings. The zero-order chi connectivity index (χ0) is 26.6. The summed E-state index contributed by atoms with van der Waals surface area (Å²) in [6.45, 7) is 6.06. The molecule has 0 spiro atoms. The number of carbonyl (C=O) groups excluding carboxylic acids is 2. The molecule has 2 heterocycles. The van der Waals surface area contributed by atoms with Gasteiger partial charge in [0.05, 0.1) is 20.4 Å². The number of carbonyl (C=O) groups is 3. The molecule has 1 aromatic carbocycles. The summed E-state index contributed by atoms with van der Waals surface area (Å²) in [6.07, 6.45) is 0.143. The van der Waals surface area contributed by atoms with Gasteiger partial charge < -0.3 is 14.7 Å². The van der Waals surface area contributed by atoms with E-state index in [0.717, 1.165) is 0 Å². The lowest BCUT2D eigenvalue weighted by Gasteiger charge is -2.36. The zero-order valence-corrected chi connectivity index (χ0v) is 22.1. The maximum absolute atomic E-state index is 14.8. The minimum absolute atomic E-state index is 0.0191. The Balaban J connectivity index is 1.93. The number of carboxylic acid groups (broad SMARTS) is 1. The Morgan fingerprint density at radius 1 is 1.14 bits per heavy atom. The molecule has 3 rings (SSSR count). The molecule has 0 aliphatic carbocycles. The Labute approximate surface area is 210 Å². The number of aliphatic carboxylic acids is 1. The average molecular weight is 519 g/mol. The van der Waals surface area contributed by atoms with Crippen LogP contribution in [0.2, 0.25) is 19.6 Å². The van der Waals surface area contributed by atoms with Crippen molar-refractivity contribution in [3.63, 3.8) is 0 Å². The number of halogens is 2. The van der Waals surface area contributed by atoms with Crippen LogP contribution in [0.15, 0.2) is 24.3 Å².